The van der Waals surface area contributed by atoms with E-state index in [1.807, 2.05) is 0 Å². The summed E-state index contributed by atoms with van der Waals surface area (Å²) in [6.07, 6.45) is 6.39. The van der Waals surface area contributed by atoms with E-state index in [0.29, 0.717) is 12.0 Å². The van der Waals surface area contributed by atoms with Gasteiger partial charge >= 0.3 is 0 Å². The van der Waals surface area contributed by atoms with Crippen molar-refractivity contribution in [2.45, 2.75) is 63.1 Å². The summed E-state index contributed by atoms with van der Waals surface area (Å²) in [4.78, 5) is 5.05. The van der Waals surface area contributed by atoms with Gasteiger partial charge in [0.15, 0.2) is 0 Å². The highest BCUT2D eigenvalue weighted by Crippen LogP contribution is 2.29. The van der Waals surface area contributed by atoms with Gasteiger partial charge in [-0.25, -0.2) is 0 Å². The Hall–Kier alpha value is -1.02. The van der Waals surface area contributed by atoms with E-state index in [0.717, 1.165) is 76.7 Å². The molecule has 3 aliphatic heterocycles. The molecule has 4 rings (SSSR count). The molecule has 7 heteroatoms. The molecule has 0 saturated carbocycles. The Bertz CT molecular complexity index is 578. The monoisotopic (exact) mass is 363 g/mol. The molecule has 3 saturated heterocycles. The van der Waals surface area contributed by atoms with Crippen molar-refractivity contribution in [2.24, 2.45) is 7.05 Å². The second kappa shape index (κ2) is 8.33. The highest BCUT2D eigenvalue weighted by atomic mass is 16.5. The maximum atomic E-state index is 9.68. The molecule has 26 heavy (non-hydrogen) atoms. The fraction of sp³-hybridized carbons (Fsp3) is 0.895. The Morgan fingerprint density at radius 1 is 1.04 bits per heavy atom. The van der Waals surface area contributed by atoms with Crippen LogP contribution in [0.2, 0.25) is 0 Å². The lowest BCUT2D eigenvalue weighted by Crippen LogP contribution is -2.45. The van der Waals surface area contributed by atoms with E-state index in [-0.39, 0.29) is 6.10 Å². The molecule has 0 bridgehead atoms. The van der Waals surface area contributed by atoms with Crippen molar-refractivity contribution >= 4 is 0 Å². The summed E-state index contributed by atoms with van der Waals surface area (Å²) in [5.74, 6) is 2.69. The molecule has 3 fully saturated rings. The lowest BCUT2D eigenvalue weighted by molar-refractivity contribution is 0.0233. The molecule has 7 nitrogen and oxygen atoms in total. The van der Waals surface area contributed by atoms with Gasteiger partial charge in [0, 0.05) is 51.9 Å². The van der Waals surface area contributed by atoms with E-state index in [1.165, 1.54) is 19.4 Å². The van der Waals surface area contributed by atoms with Crippen LogP contribution in [-0.4, -0.2) is 81.2 Å². The number of likely N-dealkylation sites (tertiary alicyclic amines) is 2. The Morgan fingerprint density at radius 3 is 2.58 bits per heavy atom. The number of nitrogens with zero attached hydrogens (tertiary/aromatic N) is 5. The zero-order chi connectivity index (χ0) is 17.9. The van der Waals surface area contributed by atoms with Crippen molar-refractivity contribution in [1.82, 2.24) is 24.6 Å². The van der Waals surface area contributed by atoms with Crippen molar-refractivity contribution in [1.29, 1.82) is 0 Å². The molecule has 0 aromatic carbocycles. The topological polar surface area (TPSA) is 66.7 Å². The third-order valence-electron chi connectivity index (χ3n) is 6.45. The van der Waals surface area contributed by atoms with Crippen molar-refractivity contribution in [3.8, 4) is 0 Å². The molecule has 0 unspecified atom stereocenters. The summed E-state index contributed by atoms with van der Waals surface area (Å²) in [7, 11) is 2.12. The minimum Gasteiger partial charge on any atom is -0.393 e. The van der Waals surface area contributed by atoms with Crippen LogP contribution in [0, 0.1) is 0 Å². The van der Waals surface area contributed by atoms with Gasteiger partial charge in [0.2, 0.25) is 0 Å². The Kier molecular flexibility index (Phi) is 5.88. The molecular formula is C19H33N5O2. The van der Waals surface area contributed by atoms with Crippen LogP contribution in [0.15, 0.2) is 0 Å². The molecule has 0 radical (unpaired) electrons. The fourth-order valence-electron chi connectivity index (χ4n) is 4.75. The van der Waals surface area contributed by atoms with Crippen molar-refractivity contribution in [3.05, 3.63) is 11.6 Å². The number of hydrogen-bond donors (Lipinski definition) is 1. The van der Waals surface area contributed by atoms with Gasteiger partial charge in [-0.05, 0) is 45.1 Å². The molecule has 3 aliphatic rings. The van der Waals surface area contributed by atoms with Crippen LogP contribution >= 0.6 is 0 Å². The molecule has 1 aromatic rings. The van der Waals surface area contributed by atoms with Crippen molar-refractivity contribution < 1.29 is 9.84 Å². The largest absolute Gasteiger partial charge is 0.393 e. The van der Waals surface area contributed by atoms with E-state index in [1.54, 1.807) is 0 Å². The Morgan fingerprint density at radius 2 is 1.81 bits per heavy atom. The number of aliphatic hydroxyl groups is 1. The third kappa shape index (κ3) is 4.11. The average Bonchev–Trinajstić information content (AvgIpc) is 3.05. The average molecular weight is 364 g/mol. The number of hydrogen-bond acceptors (Lipinski definition) is 6. The van der Waals surface area contributed by atoms with E-state index in [4.69, 9.17) is 4.74 Å². The smallest absolute Gasteiger partial charge is 0.146 e. The van der Waals surface area contributed by atoms with Gasteiger partial charge in [0.1, 0.15) is 11.6 Å². The van der Waals surface area contributed by atoms with Gasteiger partial charge in [-0.2, -0.15) is 0 Å². The maximum absolute atomic E-state index is 9.68. The predicted molar refractivity (Wildman–Crippen MR) is 98.9 cm³/mol. The van der Waals surface area contributed by atoms with Crippen molar-refractivity contribution in [2.75, 3.05) is 39.4 Å². The van der Waals surface area contributed by atoms with E-state index < -0.39 is 0 Å². The number of aromatic nitrogens is 3. The first-order chi connectivity index (χ1) is 12.7. The van der Waals surface area contributed by atoms with Crippen LogP contribution < -0.4 is 0 Å². The number of piperidine rings is 2. The summed E-state index contributed by atoms with van der Waals surface area (Å²) in [5, 5.41) is 18.8. The molecule has 0 aliphatic carbocycles. The number of rotatable bonds is 4. The minimum absolute atomic E-state index is 0.125. The van der Waals surface area contributed by atoms with E-state index in [2.05, 4.69) is 31.6 Å². The van der Waals surface area contributed by atoms with Gasteiger partial charge in [-0.1, -0.05) is 0 Å². The minimum atomic E-state index is -0.125. The van der Waals surface area contributed by atoms with E-state index >= 15 is 0 Å². The predicted octanol–water partition coefficient (Wildman–Crippen LogP) is 1.13. The molecule has 1 N–H and O–H groups in total. The zero-order valence-electron chi connectivity index (χ0n) is 16.0. The standard InChI is InChI=1S/C19H33N5O2/c1-22-18(14-23-9-4-17(25)5-10-23)20-21-19(22)15-3-2-8-24(13-15)16-6-11-26-12-7-16/h15-17,25H,2-14H2,1H3/t15-/m0/s1. The second-order valence-electron chi connectivity index (χ2n) is 8.22. The molecule has 1 aromatic heterocycles. The summed E-state index contributed by atoms with van der Waals surface area (Å²) >= 11 is 0. The lowest BCUT2D eigenvalue weighted by Gasteiger charge is -2.39. The van der Waals surface area contributed by atoms with Crippen LogP contribution in [0.3, 0.4) is 0 Å². The first kappa shape index (κ1) is 18.3. The molecule has 1 atom stereocenters. The van der Waals surface area contributed by atoms with E-state index in [9.17, 15) is 5.11 Å². The highest BCUT2D eigenvalue weighted by Gasteiger charge is 2.30. The summed E-state index contributed by atoms with van der Waals surface area (Å²) < 4.78 is 7.76. The summed E-state index contributed by atoms with van der Waals surface area (Å²) in [6.45, 7) is 6.87. The number of ether oxygens (including phenoxy) is 1. The third-order valence-corrected chi connectivity index (χ3v) is 6.45. The van der Waals surface area contributed by atoms with Gasteiger partial charge in [0.25, 0.3) is 0 Å². The highest BCUT2D eigenvalue weighted by molar-refractivity contribution is 5.04. The molecule has 4 heterocycles. The second-order valence-corrected chi connectivity index (χ2v) is 8.22. The van der Waals surface area contributed by atoms with Crippen LogP contribution in [0.1, 0.15) is 56.1 Å². The van der Waals surface area contributed by atoms with Crippen LogP contribution in [-0.2, 0) is 18.3 Å². The van der Waals surface area contributed by atoms with Crippen LogP contribution in [0.5, 0.6) is 0 Å². The molecular weight excluding hydrogens is 330 g/mol. The van der Waals surface area contributed by atoms with Crippen LogP contribution in [0.4, 0.5) is 0 Å². The van der Waals surface area contributed by atoms with Gasteiger partial charge in [0.05, 0.1) is 12.6 Å². The lowest BCUT2D eigenvalue weighted by atomic mass is 9.94. The molecule has 0 amide bonds. The first-order valence-electron chi connectivity index (χ1n) is 10.3. The molecule has 0 spiro atoms. The Balaban J connectivity index is 1.38. The van der Waals surface area contributed by atoms with Crippen LogP contribution in [0.25, 0.3) is 0 Å². The number of aliphatic hydroxyl groups excluding tert-OH is 1. The quantitative estimate of drug-likeness (QED) is 0.865. The summed E-state index contributed by atoms with van der Waals surface area (Å²) in [6, 6.07) is 0.680. The normalized spacial score (nSPS) is 27.8. The zero-order valence-corrected chi connectivity index (χ0v) is 16.0. The first-order valence-corrected chi connectivity index (χ1v) is 10.3. The molecule has 146 valence electrons. The SMILES string of the molecule is Cn1c(CN2CCC(O)CC2)nnc1[C@H]1CCCN(C2CCOCC2)C1. The van der Waals surface area contributed by atoms with Gasteiger partial charge < -0.3 is 14.4 Å². The summed E-state index contributed by atoms with van der Waals surface area (Å²) in [5.41, 5.74) is 0. The maximum Gasteiger partial charge on any atom is 0.146 e. The van der Waals surface area contributed by atoms with Gasteiger partial charge in [-0.3, -0.25) is 9.80 Å². The van der Waals surface area contributed by atoms with Gasteiger partial charge in [-0.15, -0.1) is 10.2 Å². The Labute approximate surface area is 156 Å². The fourth-order valence-corrected chi connectivity index (χ4v) is 4.75. The van der Waals surface area contributed by atoms with Crippen molar-refractivity contribution in [3.63, 3.8) is 0 Å².